The minimum Gasteiger partial charge on any atom is -0.206 e. The average Bonchev–Trinajstić information content (AvgIpc) is 2.79. The predicted molar refractivity (Wildman–Crippen MR) is 126 cm³/mol. The average molecular weight is 423 g/mol. The molecule has 166 valence electrons. The lowest BCUT2D eigenvalue weighted by molar-refractivity contribution is 0.116. The van der Waals surface area contributed by atoms with Gasteiger partial charge in [-0.25, -0.2) is 8.78 Å². The summed E-state index contributed by atoms with van der Waals surface area (Å²) in [4.78, 5) is 0. The van der Waals surface area contributed by atoms with E-state index in [1.165, 1.54) is 37.7 Å². The van der Waals surface area contributed by atoms with Crippen molar-refractivity contribution >= 4 is 0 Å². The zero-order chi connectivity index (χ0) is 21.8. The Labute approximate surface area is 186 Å². The molecule has 2 heteroatoms. The van der Waals surface area contributed by atoms with Crippen LogP contribution in [0.1, 0.15) is 82.3 Å². The minimum absolute atomic E-state index is 0.112. The first-order valence-corrected chi connectivity index (χ1v) is 12.3. The Balaban J connectivity index is 1.48. The maximum Gasteiger partial charge on any atom is 0.134 e. The summed E-state index contributed by atoms with van der Waals surface area (Å²) in [5, 5.41) is 0. The van der Waals surface area contributed by atoms with Gasteiger partial charge in [0.15, 0.2) is 0 Å². The molecule has 0 amide bonds. The Morgan fingerprint density at radius 1 is 0.903 bits per heavy atom. The summed E-state index contributed by atoms with van der Waals surface area (Å²) in [5.74, 6) is 1.91. The van der Waals surface area contributed by atoms with Crippen LogP contribution in [0.5, 0.6) is 0 Å². The van der Waals surface area contributed by atoms with Crippen LogP contribution in [0.2, 0.25) is 0 Å². The van der Waals surface area contributed by atoms with Crippen LogP contribution in [0.3, 0.4) is 0 Å². The first-order chi connectivity index (χ1) is 15.1. The van der Waals surface area contributed by atoms with Crippen molar-refractivity contribution in [3.63, 3.8) is 0 Å². The van der Waals surface area contributed by atoms with Crippen LogP contribution >= 0.6 is 0 Å². The van der Waals surface area contributed by atoms with Crippen molar-refractivity contribution < 1.29 is 8.78 Å². The fourth-order valence-electron chi connectivity index (χ4n) is 6.02. The van der Waals surface area contributed by atoms with Crippen molar-refractivity contribution in [2.45, 2.75) is 77.6 Å². The minimum atomic E-state index is -0.423. The highest BCUT2D eigenvalue weighted by molar-refractivity contribution is 5.65. The van der Waals surface area contributed by atoms with E-state index in [9.17, 15) is 0 Å². The molecule has 31 heavy (non-hydrogen) atoms. The molecule has 2 aliphatic rings. The van der Waals surface area contributed by atoms with Gasteiger partial charge in [0.05, 0.1) is 5.56 Å². The standard InChI is InChI=1S/C29H36F2/c1-3-5-6-7-21-9-11-22(12-10-21)29-27(30)18-26(19-28(29)31)25-15-14-23-16-20(4-2)8-13-24(23)17-25/h3,5,9-12,18-20,23-25H,4,6-8,13-17H2,1-2H3/b5-3+. The Morgan fingerprint density at radius 3 is 2.26 bits per heavy atom. The van der Waals surface area contributed by atoms with Crippen LogP contribution in [0, 0.1) is 29.4 Å². The van der Waals surface area contributed by atoms with E-state index in [0.29, 0.717) is 11.5 Å². The van der Waals surface area contributed by atoms with Crippen LogP contribution in [0.15, 0.2) is 48.6 Å². The van der Waals surface area contributed by atoms with E-state index in [1.807, 2.05) is 37.3 Å². The number of allylic oxidation sites excluding steroid dienone is 2. The molecular formula is C29H36F2. The molecule has 0 nitrogen and oxygen atoms in total. The number of rotatable bonds is 6. The van der Waals surface area contributed by atoms with Gasteiger partial charge in [0.25, 0.3) is 0 Å². The van der Waals surface area contributed by atoms with Crippen LogP contribution < -0.4 is 0 Å². The number of benzene rings is 2. The quantitative estimate of drug-likeness (QED) is 0.408. The van der Waals surface area contributed by atoms with E-state index < -0.39 is 11.6 Å². The summed E-state index contributed by atoms with van der Waals surface area (Å²) in [5.41, 5.74) is 2.78. The second kappa shape index (κ2) is 10.1. The third kappa shape index (κ3) is 5.10. The number of fused-ring (bicyclic) bond motifs is 1. The molecule has 0 saturated heterocycles. The monoisotopic (exact) mass is 422 g/mol. The molecule has 2 aromatic rings. The van der Waals surface area contributed by atoms with Gasteiger partial charge in [-0.1, -0.05) is 56.2 Å². The smallest absolute Gasteiger partial charge is 0.134 e. The predicted octanol–water partition coefficient (Wildman–Crippen LogP) is 8.85. The molecule has 2 aliphatic carbocycles. The lowest BCUT2D eigenvalue weighted by Crippen LogP contribution is -2.30. The third-order valence-electron chi connectivity index (χ3n) is 7.91. The van der Waals surface area contributed by atoms with E-state index in [0.717, 1.165) is 49.0 Å². The van der Waals surface area contributed by atoms with Crippen molar-refractivity contribution in [2.75, 3.05) is 0 Å². The fourth-order valence-corrected chi connectivity index (χ4v) is 6.02. The number of halogens is 2. The van der Waals surface area contributed by atoms with Crippen LogP contribution in [-0.2, 0) is 6.42 Å². The van der Waals surface area contributed by atoms with Gasteiger partial charge in [-0.15, -0.1) is 0 Å². The largest absolute Gasteiger partial charge is 0.206 e. The van der Waals surface area contributed by atoms with Gasteiger partial charge in [-0.2, -0.15) is 0 Å². The molecule has 0 radical (unpaired) electrons. The lowest BCUT2D eigenvalue weighted by Gasteiger charge is -2.42. The van der Waals surface area contributed by atoms with Crippen LogP contribution in [-0.4, -0.2) is 0 Å². The SMILES string of the molecule is C/C=C/CCc1ccc(-c2c(F)cc(C3CCC4CC(CC)CCC4C3)cc2F)cc1. The third-order valence-corrected chi connectivity index (χ3v) is 7.91. The molecule has 0 aromatic heterocycles. The molecule has 0 bridgehead atoms. The molecule has 4 atom stereocenters. The zero-order valence-electron chi connectivity index (χ0n) is 19.0. The van der Waals surface area contributed by atoms with Crippen molar-refractivity contribution in [1.82, 2.24) is 0 Å². The molecule has 2 fully saturated rings. The number of aryl methyl sites for hydroxylation is 1. The van der Waals surface area contributed by atoms with Gasteiger partial charge < -0.3 is 0 Å². The van der Waals surface area contributed by atoms with Gasteiger partial charge in [0, 0.05) is 0 Å². The molecule has 2 saturated carbocycles. The first kappa shape index (κ1) is 22.2. The first-order valence-electron chi connectivity index (χ1n) is 12.3. The summed E-state index contributed by atoms with van der Waals surface area (Å²) >= 11 is 0. The highest BCUT2D eigenvalue weighted by atomic mass is 19.1. The van der Waals surface area contributed by atoms with Gasteiger partial charge >= 0.3 is 0 Å². The fraction of sp³-hybridized carbons (Fsp3) is 0.517. The topological polar surface area (TPSA) is 0 Å². The van der Waals surface area contributed by atoms with Crippen molar-refractivity contribution in [2.24, 2.45) is 17.8 Å². The maximum absolute atomic E-state index is 15.1. The molecular weight excluding hydrogens is 386 g/mol. The van der Waals surface area contributed by atoms with Crippen molar-refractivity contribution in [1.29, 1.82) is 0 Å². The Morgan fingerprint density at radius 2 is 1.58 bits per heavy atom. The molecule has 4 rings (SSSR count). The van der Waals surface area contributed by atoms with Crippen LogP contribution in [0.25, 0.3) is 11.1 Å². The van der Waals surface area contributed by atoms with Gasteiger partial charge in [-0.05, 0) is 104 Å². The summed E-state index contributed by atoms with van der Waals surface area (Å²) < 4.78 is 30.2. The van der Waals surface area contributed by atoms with Crippen molar-refractivity contribution in [3.05, 3.63) is 71.3 Å². The second-order valence-electron chi connectivity index (χ2n) is 9.78. The highest BCUT2D eigenvalue weighted by Crippen LogP contribution is 2.48. The van der Waals surface area contributed by atoms with Crippen LogP contribution in [0.4, 0.5) is 8.78 Å². The Hall–Kier alpha value is -1.96. The highest BCUT2D eigenvalue weighted by Gasteiger charge is 2.35. The number of hydrogen-bond acceptors (Lipinski definition) is 0. The zero-order valence-corrected chi connectivity index (χ0v) is 19.0. The van der Waals surface area contributed by atoms with E-state index in [4.69, 9.17) is 0 Å². The molecule has 0 heterocycles. The van der Waals surface area contributed by atoms with E-state index in [1.54, 1.807) is 12.1 Å². The molecule has 0 aliphatic heterocycles. The van der Waals surface area contributed by atoms with E-state index in [2.05, 4.69) is 13.0 Å². The summed E-state index contributed by atoms with van der Waals surface area (Å²) in [6.07, 6.45) is 14.8. The normalized spacial score (nSPS) is 26.2. The lowest BCUT2D eigenvalue weighted by atomic mass is 9.63. The summed E-state index contributed by atoms with van der Waals surface area (Å²) in [7, 11) is 0. The molecule has 2 aromatic carbocycles. The van der Waals surface area contributed by atoms with Gasteiger partial charge in [0.1, 0.15) is 11.6 Å². The number of hydrogen-bond donors (Lipinski definition) is 0. The van der Waals surface area contributed by atoms with Crippen molar-refractivity contribution in [3.8, 4) is 11.1 Å². The summed E-state index contributed by atoms with van der Waals surface area (Å²) in [6, 6.07) is 10.9. The Kier molecular flexibility index (Phi) is 7.25. The maximum atomic E-state index is 15.1. The summed E-state index contributed by atoms with van der Waals surface area (Å²) in [6.45, 7) is 4.32. The molecule has 0 N–H and O–H groups in total. The molecule has 0 spiro atoms. The Bertz CT molecular complexity index is 872. The second-order valence-corrected chi connectivity index (χ2v) is 9.78. The van der Waals surface area contributed by atoms with Gasteiger partial charge in [-0.3, -0.25) is 0 Å². The van der Waals surface area contributed by atoms with E-state index in [-0.39, 0.29) is 5.56 Å². The van der Waals surface area contributed by atoms with Gasteiger partial charge in [0.2, 0.25) is 0 Å². The van der Waals surface area contributed by atoms with E-state index >= 15 is 8.78 Å². The molecule has 4 unspecified atom stereocenters.